The zero-order valence-corrected chi connectivity index (χ0v) is 50.1. The molecule has 0 spiro atoms. The van der Waals surface area contributed by atoms with Crippen molar-refractivity contribution in [3.8, 4) is 0 Å². The molecule has 76 heavy (non-hydrogen) atoms. The first-order chi connectivity index (χ1) is 37.2. The number of phosphoric ester groups is 1. The highest BCUT2D eigenvalue weighted by atomic mass is 31.2. The number of carbonyl (C=O) groups is 3. The van der Waals surface area contributed by atoms with E-state index in [2.05, 4.69) is 69.4 Å². The standard InChI is InChI=1S/C64H117O11P/c1-4-7-10-13-16-19-22-25-27-29-30-32-34-37-40-43-46-49-52-55-64(68)75-61(57-71-62(66)53-50-47-44-41-38-36-33-31-28-26-23-20-17-14-11-8-5-2)59-73-76(69,70)72-58-60(56-65)74-63(67)54-51-48-45-42-39-35-24-21-18-15-12-9-6-3/h16,19,25-28,30,32,60-61,65H,4-15,17-18,20-24,29,31,33-59H2,1-3H3,(H,69,70)/b19-16-,27-25-,28-26-,32-30-. The molecule has 11 nitrogen and oxygen atoms in total. The van der Waals surface area contributed by atoms with Crippen molar-refractivity contribution in [3.63, 3.8) is 0 Å². The third-order valence-corrected chi connectivity index (χ3v) is 14.7. The lowest BCUT2D eigenvalue weighted by atomic mass is 10.0. The van der Waals surface area contributed by atoms with E-state index in [1.165, 1.54) is 148 Å². The largest absolute Gasteiger partial charge is 0.472 e. The van der Waals surface area contributed by atoms with E-state index in [4.69, 9.17) is 23.3 Å². The van der Waals surface area contributed by atoms with Gasteiger partial charge in [0.1, 0.15) is 12.7 Å². The van der Waals surface area contributed by atoms with Crippen LogP contribution in [0.4, 0.5) is 0 Å². The van der Waals surface area contributed by atoms with Crippen LogP contribution >= 0.6 is 7.82 Å². The number of ether oxygens (including phenoxy) is 3. The van der Waals surface area contributed by atoms with Crippen molar-refractivity contribution in [3.05, 3.63) is 48.6 Å². The van der Waals surface area contributed by atoms with Crippen molar-refractivity contribution in [2.45, 2.75) is 315 Å². The molecule has 0 rings (SSSR count). The van der Waals surface area contributed by atoms with Crippen molar-refractivity contribution in [2.24, 2.45) is 0 Å². The molecular weight excluding hydrogens is 976 g/mol. The first kappa shape index (κ1) is 73.4. The van der Waals surface area contributed by atoms with Crippen molar-refractivity contribution < 1.29 is 52.2 Å². The lowest BCUT2D eigenvalue weighted by molar-refractivity contribution is -0.161. The van der Waals surface area contributed by atoms with Gasteiger partial charge in [-0.15, -0.1) is 0 Å². The Bertz CT molecular complexity index is 1460. The second kappa shape index (κ2) is 58.6. The summed E-state index contributed by atoms with van der Waals surface area (Å²) in [5.74, 6) is -1.47. The van der Waals surface area contributed by atoms with Gasteiger partial charge < -0.3 is 24.2 Å². The molecule has 0 aromatic heterocycles. The first-order valence-electron chi connectivity index (χ1n) is 31.5. The molecule has 2 N–H and O–H groups in total. The third kappa shape index (κ3) is 56.2. The SMILES string of the molecule is CCCCC/C=C\C/C=C\C/C=C\CCCCCCCCC(=O)OC(COC(=O)CCCCCCCCC/C=C\CCCCCCCC)COP(=O)(O)OCC(CO)OC(=O)CCCCCCCCCCCCCCC. The Morgan fingerprint density at radius 1 is 0.368 bits per heavy atom. The molecule has 0 bridgehead atoms. The second-order valence-electron chi connectivity index (χ2n) is 21.2. The topological polar surface area (TPSA) is 155 Å². The van der Waals surface area contributed by atoms with E-state index in [0.29, 0.717) is 19.3 Å². The Labute approximate surface area is 466 Å². The average Bonchev–Trinajstić information content (AvgIpc) is 3.41. The van der Waals surface area contributed by atoms with E-state index < -0.39 is 57.8 Å². The molecule has 12 heteroatoms. The van der Waals surface area contributed by atoms with Gasteiger partial charge in [-0.2, -0.15) is 0 Å². The van der Waals surface area contributed by atoms with Crippen LogP contribution in [0.25, 0.3) is 0 Å². The molecule has 0 aliphatic rings. The van der Waals surface area contributed by atoms with Gasteiger partial charge in [-0.1, -0.05) is 249 Å². The quantitative estimate of drug-likeness (QED) is 0.0197. The molecule has 0 fully saturated rings. The monoisotopic (exact) mass is 1090 g/mol. The Hall–Kier alpha value is -2.56. The number of aliphatic hydroxyl groups is 1. The summed E-state index contributed by atoms with van der Waals surface area (Å²) in [5.41, 5.74) is 0. The fourth-order valence-electron chi connectivity index (χ4n) is 8.89. The summed E-state index contributed by atoms with van der Waals surface area (Å²) < 4.78 is 39.6. The van der Waals surface area contributed by atoms with E-state index in [-0.39, 0.29) is 25.9 Å². The Balaban J connectivity index is 4.72. The van der Waals surface area contributed by atoms with E-state index >= 15 is 0 Å². The molecule has 3 atom stereocenters. The van der Waals surface area contributed by atoms with Gasteiger partial charge in [-0.3, -0.25) is 23.4 Å². The van der Waals surface area contributed by atoms with Crippen LogP contribution in [-0.4, -0.2) is 66.5 Å². The van der Waals surface area contributed by atoms with Crippen molar-refractivity contribution >= 4 is 25.7 Å². The van der Waals surface area contributed by atoms with Crippen LogP contribution in [0, 0.1) is 0 Å². The smallest absolute Gasteiger partial charge is 0.462 e. The summed E-state index contributed by atoms with van der Waals surface area (Å²) in [6.45, 7) is 4.64. The summed E-state index contributed by atoms with van der Waals surface area (Å²) in [7, 11) is -4.75. The van der Waals surface area contributed by atoms with Crippen LogP contribution in [0.5, 0.6) is 0 Å². The number of allylic oxidation sites excluding steroid dienone is 8. The molecule has 0 amide bonds. The van der Waals surface area contributed by atoms with E-state index in [0.717, 1.165) is 96.3 Å². The predicted molar refractivity (Wildman–Crippen MR) is 316 cm³/mol. The summed E-state index contributed by atoms with van der Waals surface area (Å²) in [6, 6.07) is 0. The van der Waals surface area contributed by atoms with E-state index in [1.807, 2.05) is 0 Å². The van der Waals surface area contributed by atoms with Crippen LogP contribution < -0.4 is 0 Å². The zero-order valence-electron chi connectivity index (χ0n) is 49.2. The number of hydrogen-bond donors (Lipinski definition) is 2. The number of carbonyl (C=O) groups excluding carboxylic acids is 3. The minimum Gasteiger partial charge on any atom is -0.462 e. The van der Waals surface area contributed by atoms with Gasteiger partial charge in [-0.05, 0) is 83.5 Å². The maximum absolute atomic E-state index is 12.9. The number of phosphoric acid groups is 1. The number of aliphatic hydroxyl groups excluding tert-OH is 1. The Kier molecular flexibility index (Phi) is 56.6. The molecule has 0 heterocycles. The zero-order chi connectivity index (χ0) is 55.5. The van der Waals surface area contributed by atoms with Crippen LogP contribution in [0.1, 0.15) is 303 Å². The number of esters is 3. The maximum Gasteiger partial charge on any atom is 0.472 e. The minimum atomic E-state index is -4.75. The van der Waals surface area contributed by atoms with Crippen LogP contribution in [0.15, 0.2) is 48.6 Å². The number of unbranched alkanes of at least 4 members (excludes halogenated alkanes) is 34. The lowest BCUT2D eigenvalue weighted by Crippen LogP contribution is -2.30. The van der Waals surface area contributed by atoms with E-state index in [9.17, 15) is 28.9 Å². The molecular formula is C64H117O11P. The molecule has 0 radical (unpaired) electrons. The summed E-state index contributed by atoms with van der Waals surface area (Å²) in [5, 5.41) is 9.83. The first-order valence-corrected chi connectivity index (χ1v) is 33.0. The normalized spacial score (nSPS) is 13.6. The molecule has 3 unspecified atom stereocenters. The van der Waals surface area contributed by atoms with Gasteiger partial charge in [0.15, 0.2) is 6.10 Å². The van der Waals surface area contributed by atoms with Gasteiger partial charge in [0.25, 0.3) is 0 Å². The molecule has 0 saturated carbocycles. The lowest BCUT2D eigenvalue weighted by Gasteiger charge is -2.21. The van der Waals surface area contributed by atoms with Gasteiger partial charge in [0.05, 0.1) is 19.8 Å². The van der Waals surface area contributed by atoms with Gasteiger partial charge in [0.2, 0.25) is 0 Å². The Morgan fingerprint density at radius 2 is 0.645 bits per heavy atom. The molecule has 444 valence electrons. The summed E-state index contributed by atoms with van der Waals surface area (Å²) >= 11 is 0. The molecule has 0 saturated heterocycles. The summed E-state index contributed by atoms with van der Waals surface area (Å²) in [4.78, 5) is 48.7. The van der Waals surface area contributed by atoms with Crippen LogP contribution in [-0.2, 0) is 42.2 Å². The van der Waals surface area contributed by atoms with Gasteiger partial charge in [0, 0.05) is 19.3 Å². The molecule has 0 aliphatic heterocycles. The van der Waals surface area contributed by atoms with Gasteiger partial charge in [-0.25, -0.2) is 4.57 Å². The fourth-order valence-corrected chi connectivity index (χ4v) is 9.67. The highest BCUT2D eigenvalue weighted by Crippen LogP contribution is 2.43. The maximum atomic E-state index is 12.9. The van der Waals surface area contributed by atoms with Crippen molar-refractivity contribution in [1.82, 2.24) is 0 Å². The molecule has 0 aromatic rings. The Morgan fingerprint density at radius 3 is 1.03 bits per heavy atom. The minimum absolute atomic E-state index is 0.154. The van der Waals surface area contributed by atoms with Crippen LogP contribution in [0.2, 0.25) is 0 Å². The number of hydrogen-bond acceptors (Lipinski definition) is 10. The fraction of sp³-hybridized carbons (Fsp3) is 0.828. The summed E-state index contributed by atoms with van der Waals surface area (Å²) in [6.07, 6.45) is 63.4. The third-order valence-electron chi connectivity index (χ3n) is 13.7. The highest BCUT2D eigenvalue weighted by molar-refractivity contribution is 7.47. The van der Waals surface area contributed by atoms with Crippen molar-refractivity contribution in [2.75, 3.05) is 26.4 Å². The molecule has 0 aliphatic carbocycles. The predicted octanol–water partition coefficient (Wildman–Crippen LogP) is 18.9. The highest BCUT2D eigenvalue weighted by Gasteiger charge is 2.28. The van der Waals surface area contributed by atoms with E-state index in [1.54, 1.807) is 0 Å². The van der Waals surface area contributed by atoms with Gasteiger partial charge >= 0.3 is 25.7 Å². The average molecular weight is 1090 g/mol. The second-order valence-corrected chi connectivity index (χ2v) is 22.7. The number of rotatable bonds is 59. The van der Waals surface area contributed by atoms with Crippen LogP contribution in [0.3, 0.4) is 0 Å². The van der Waals surface area contributed by atoms with Crippen molar-refractivity contribution in [1.29, 1.82) is 0 Å². The molecule has 0 aromatic carbocycles.